The predicted molar refractivity (Wildman–Crippen MR) is 138 cm³/mol. The molecular weight excluding hydrogens is 450 g/mol. The average molecular weight is 478 g/mol. The summed E-state index contributed by atoms with van der Waals surface area (Å²) in [6.45, 7) is 3.70. The molecule has 2 aliphatic heterocycles. The van der Waals surface area contributed by atoms with Crippen molar-refractivity contribution in [3.8, 4) is 0 Å². The van der Waals surface area contributed by atoms with Crippen molar-refractivity contribution in [2.24, 2.45) is 5.41 Å². The number of hydrogen-bond acceptors (Lipinski definition) is 5. The maximum absolute atomic E-state index is 13.9. The van der Waals surface area contributed by atoms with Crippen molar-refractivity contribution < 1.29 is 19.1 Å². The average Bonchev–Trinajstić information content (AvgIpc) is 2.87. The van der Waals surface area contributed by atoms with Gasteiger partial charge in [-0.2, -0.15) is 0 Å². The van der Waals surface area contributed by atoms with E-state index in [9.17, 15) is 9.59 Å². The van der Waals surface area contributed by atoms with Crippen molar-refractivity contribution in [1.82, 2.24) is 0 Å². The maximum atomic E-state index is 13.9. The number of carbonyl (C=O) groups is 2. The van der Waals surface area contributed by atoms with E-state index in [2.05, 4.69) is 35.2 Å². The van der Waals surface area contributed by atoms with Crippen molar-refractivity contribution >= 4 is 28.4 Å². The van der Waals surface area contributed by atoms with Gasteiger partial charge in [0.05, 0.1) is 6.04 Å². The molecule has 0 radical (unpaired) electrons. The Balaban J connectivity index is 1.63. The van der Waals surface area contributed by atoms with Crippen LogP contribution in [0.3, 0.4) is 0 Å². The minimum atomic E-state index is -1.54. The van der Waals surface area contributed by atoms with Crippen LogP contribution in [0, 0.1) is 5.41 Å². The Morgan fingerprint density at radius 2 is 1.33 bits per heavy atom. The van der Waals surface area contributed by atoms with Crippen molar-refractivity contribution in [3.05, 3.63) is 114 Å². The Morgan fingerprint density at radius 1 is 0.778 bits per heavy atom. The number of cyclic esters (lactones) is 2. The van der Waals surface area contributed by atoms with Crippen LogP contribution in [0.15, 0.2) is 97.1 Å². The molecule has 36 heavy (non-hydrogen) atoms. The smallest absolute Gasteiger partial charge is 0.329 e. The summed E-state index contributed by atoms with van der Waals surface area (Å²) < 4.78 is 11.6. The molecular formula is C31H27NO4. The molecule has 1 saturated heterocycles. The van der Waals surface area contributed by atoms with Gasteiger partial charge in [-0.05, 0) is 39.6 Å². The predicted octanol–water partition coefficient (Wildman–Crippen LogP) is 5.97. The number of rotatable bonds is 3. The minimum absolute atomic E-state index is 0.200. The lowest BCUT2D eigenvalue weighted by molar-refractivity contribution is -0.253. The molecule has 1 fully saturated rings. The normalized spacial score (nSPS) is 20.1. The first-order valence-corrected chi connectivity index (χ1v) is 12.2. The second-order valence-corrected chi connectivity index (χ2v) is 10.1. The molecule has 0 saturated carbocycles. The quantitative estimate of drug-likeness (QED) is 0.269. The van der Waals surface area contributed by atoms with E-state index < -0.39 is 29.2 Å². The molecule has 0 aliphatic carbocycles. The van der Waals surface area contributed by atoms with Crippen molar-refractivity contribution in [2.45, 2.75) is 38.6 Å². The topological polar surface area (TPSA) is 55.8 Å². The summed E-state index contributed by atoms with van der Waals surface area (Å²) in [4.78, 5) is 30.0. The summed E-state index contributed by atoms with van der Waals surface area (Å²) in [5.41, 5.74) is 2.32. The third-order valence-electron chi connectivity index (χ3n) is 7.22. The van der Waals surface area contributed by atoms with Gasteiger partial charge in [-0.25, -0.2) is 0 Å². The zero-order valence-corrected chi connectivity index (χ0v) is 20.3. The molecule has 0 N–H and O–H groups in total. The first-order valence-electron chi connectivity index (χ1n) is 12.2. The molecule has 6 rings (SSSR count). The van der Waals surface area contributed by atoms with Gasteiger partial charge in [-0.1, -0.05) is 84.9 Å². The molecule has 2 heterocycles. The van der Waals surface area contributed by atoms with Gasteiger partial charge >= 0.3 is 11.9 Å². The molecule has 0 bridgehead atoms. The lowest BCUT2D eigenvalue weighted by Gasteiger charge is -2.51. The third-order valence-corrected chi connectivity index (χ3v) is 7.22. The molecule has 5 nitrogen and oxygen atoms in total. The Hall–Kier alpha value is -4.12. The number of ether oxygens (including phenoxy) is 2. The lowest BCUT2D eigenvalue weighted by Crippen LogP contribution is -2.62. The number of anilines is 1. The number of esters is 2. The molecule has 4 aromatic rings. The second kappa shape index (κ2) is 8.23. The summed E-state index contributed by atoms with van der Waals surface area (Å²) in [5, 5.41) is 2.16. The van der Waals surface area contributed by atoms with Crippen LogP contribution in [0.25, 0.3) is 10.8 Å². The van der Waals surface area contributed by atoms with Crippen molar-refractivity contribution in [2.75, 3.05) is 4.90 Å². The molecule has 2 aliphatic rings. The van der Waals surface area contributed by atoms with E-state index in [0.717, 1.165) is 33.2 Å². The number of carbonyl (C=O) groups excluding carboxylic acids is 2. The van der Waals surface area contributed by atoms with E-state index in [1.54, 1.807) is 13.8 Å². The van der Waals surface area contributed by atoms with Gasteiger partial charge in [-0.3, -0.25) is 9.59 Å². The summed E-state index contributed by atoms with van der Waals surface area (Å²) in [6, 6.07) is 31.6. The molecule has 0 amide bonds. The van der Waals surface area contributed by atoms with Crippen molar-refractivity contribution in [1.29, 1.82) is 0 Å². The maximum Gasteiger partial charge on any atom is 0.329 e. The highest BCUT2D eigenvalue weighted by molar-refractivity contribution is 6.05. The first kappa shape index (κ1) is 22.4. The minimum Gasteiger partial charge on any atom is -0.422 e. The van der Waals surface area contributed by atoms with E-state index in [4.69, 9.17) is 9.47 Å². The van der Waals surface area contributed by atoms with Crippen LogP contribution in [0.5, 0.6) is 0 Å². The van der Waals surface area contributed by atoms with Gasteiger partial charge < -0.3 is 14.4 Å². The number of hydrogen-bond donors (Lipinski definition) is 0. The number of nitrogens with zero attached hydrogens (tertiary/aromatic N) is 1. The van der Waals surface area contributed by atoms with Crippen LogP contribution < -0.4 is 4.90 Å². The van der Waals surface area contributed by atoms with Gasteiger partial charge in [0.25, 0.3) is 5.79 Å². The Morgan fingerprint density at radius 3 is 1.97 bits per heavy atom. The van der Waals surface area contributed by atoms with Crippen LogP contribution in [0.2, 0.25) is 0 Å². The second-order valence-electron chi connectivity index (χ2n) is 10.1. The molecule has 1 unspecified atom stereocenters. The lowest BCUT2D eigenvalue weighted by atomic mass is 9.67. The van der Waals surface area contributed by atoms with Gasteiger partial charge in [0, 0.05) is 32.5 Å². The fourth-order valence-electron chi connectivity index (χ4n) is 5.64. The van der Waals surface area contributed by atoms with Gasteiger partial charge in [0.2, 0.25) is 0 Å². The van der Waals surface area contributed by atoms with Crippen molar-refractivity contribution in [3.63, 3.8) is 0 Å². The van der Waals surface area contributed by atoms with E-state index in [1.165, 1.54) is 0 Å². The summed E-state index contributed by atoms with van der Waals surface area (Å²) >= 11 is 0. The van der Waals surface area contributed by atoms with E-state index in [-0.39, 0.29) is 6.42 Å². The van der Waals surface area contributed by atoms with E-state index in [0.29, 0.717) is 6.54 Å². The molecule has 4 aromatic carbocycles. The Labute approximate surface area is 210 Å². The molecule has 1 spiro atoms. The van der Waals surface area contributed by atoms with Crippen LogP contribution in [0.4, 0.5) is 5.69 Å². The highest BCUT2D eigenvalue weighted by Crippen LogP contribution is 2.54. The van der Waals surface area contributed by atoms with Crippen LogP contribution in [-0.2, 0) is 32.0 Å². The number of fused-ring (bicyclic) bond motifs is 2. The zero-order chi connectivity index (χ0) is 24.9. The summed E-state index contributed by atoms with van der Waals surface area (Å²) in [6.07, 6.45) is 0.200. The fraction of sp³-hybridized carbons (Fsp3) is 0.226. The van der Waals surface area contributed by atoms with E-state index >= 15 is 0 Å². The largest absolute Gasteiger partial charge is 0.422 e. The standard InChI is InChI=1S/C31H27NO4/c1-30(2)35-28(33)31(29(34)36-30)19-25-17-23-15-9-10-16-24(23)18-26(25)32(20-21-11-5-3-6-12-21)27(31)22-13-7-4-8-14-22/h3-18,27H,19-20H2,1-2H3. The van der Waals surface area contributed by atoms with Crippen LogP contribution >= 0.6 is 0 Å². The van der Waals surface area contributed by atoms with Gasteiger partial charge in [-0.15, -0.1) is 0 Å². The highest BCUT2D eigenvalue weighted by Gasteiger charge is 2.64. The van der Waals surface area contributed by atoms with Crippen LogP contribution in [-0.4, -0.2) is 17.7 Å². The summed E-state index contributed by atoms with van der Waals surface area (Å²) in [7, 11) is 0. The van der Waals surface area contributed by atoms with E-state index in [1.807, 2.05) is 66.7 Å². The Bertz CT molecular complexity index is 1440. The first-order chi connectivity index (χ1) is 17.4. The highest BCUT2D eigenvalue weighted by atomic mass is 16.7. The van der Waals surface area contributed by atoms with Gasteiger partial charge in [0.1, 0.15) is 0 Å². The third kappa shape index (κ3) is 3.54. The van der Waals surface area contributed by atoms with Crippen LogP contribution in [0.1, 0.15) is 36.6 Å². The zero-order valence-electron chi connectivity index (χ0n) is 20.3. The fourth-order valence-corrected chi connectivity index (χ4v) is 5.64. The molecule has 180 valence electrons. The Kier molecular flexibility index (Phi) is 5.11. The summed E-state index contributed by atoms with van der Waals surface area (Å²) in [5.74, 6) is -2.40. The molecule has 5 heteroatoms. The molecule has 0 aromatic heterocycles. The van der Waals surface area contributed by atoms with Gasteiger partial charge in [0.15, 0.2) is 5.41 Å². The SMILES string of the molecule is CC1(C)OC(=O)C2(Cc3cc4ccccc4cc3N(Cc3ccccc3)C2c2ccccc2)C(=O)O1. The monoisotopic (exact) mass is 477 g/mol. The molecule has 1 atom stereocenters. The number of benzene rings is 4.